The highest BCUT2D eigenvalue weighted by atomic mass is 16.4. The first-order valence-corrected chi connectivity index (χ1v) is 5.39. The Morgan fingerprint density at radius 2 is 2.27 bits per heavy atom. The highest BCUT2D eigenvalue weighted by molar-refractivity contribution is 5.84. The number of carbonyl (C=O) groups excluding carboxylic acids is 1. The molecule has 0 bridgehead atoms. The quantitative estimate of drug-likeness (QED) is 0.635. The van der Waals surface area contributed by atoms with Crippen molar-refractivity contribution in [3.63, 3.8) is 0 Å². The third-order valence-corrected chi connectivity index (χ3v) is 2.62. The van der Waals surface area contributed by atoms with Crippen LogP contribution in [0, 0.1) is 0 Å². The van der Waals surface area contributed by atoms with E-state index in [1.165, 1.54) is 4.90 Å². The van der Waals surface area contributed by atoms with E-state index in [0.717, 1.165) is 13.0 Å². The number of nitrogens with zero attached hydrogens (tertiary/aromatic N) is 1. The van der Waals surface area contributed by atoms with E-state index >= 15 is 0 Å². The first kappa shape index (κ1) is 12.0. The highest BCUT2D eigenvalue weighted by Crippen LogP contribution is 2.18. The molecule has 0 aromatic rings. The van der Waals surface area contributed by atoms with E-state index in [4.69, 9.17) is 5.11 Å². The molecule has 1 saturated heterocycles. The zero-order chi connectivity index (χ0) is 11.3. The summed E-state index contributed by atoms with van der Waals surface area (Å²) in [4.78, 5) is 24.0. The second kappa shape index (κ2) is 5.70. The third-order valence-electron chi connectivity index (χ3n) is 2.62. The smallest absolute Gasteiger partial charge is 0.326 e. The Balaban J connectivity index is 2.40. The molecule has 1 atom stereocenters. The minimum atomic E-state index is -0.885. The van der Waals surface area contributed by atoms with Crippen LogP contribution in [0.1, 0.15) is 26.2 Å². The summed E-state index contributed by atoms with van der Waals surface area (Å²) >= 11 is 0. The van der Waals surface area contributed by atoms with E-state index in [0.29, 0.717) is 25.9 Å². The van der Waals surface area contributed by atoms with Crippen LogP contribution in [-0.4, -0.2) is 47.6 Å². The highest BCUT2D eigenvalue weighted by Gasteiger charge is 2.33. The molecule has 0 aromatic carbocycles. The average molecular weight is 214 g/mol. The molecule has 0 aliphatic carbocycles. The summed E-state index contributed by atoms with van der Waals surface area (Å²) in [5.41, 5.74) is 0. The Morgan fingerprint density at radius 3 is 2.87 bits per heavy atom. The number of amides is 1. The molecule has 0 radical (unpaired) electrons. The van der Waals surface area contributed by atoms with E-state index in [1.807, 2.05) is 6.92 Å². The fourth-order valence-electron chi connectivity index (χ4n) is 1.84. The summed E-state index contributed by atoms with van der Waals surface area (Å²) in [5, 5.41) is 11.9. The molecule has 5 nitrogen and oxygen atoms in total. The molecule has 2 N–H and O–H groups in total. The van der Waals surface area contributed by atoms with Gasteiger partial charge in [-0.2, -0.15) is 0 Å². The number of nitrogens with one attached hydrogen (secondary N) is 1. The SMILES string of the molecule is CCNCCC(=O)N1CCCC1C(=O)O. The second-order valence-corrected chi connectivity index (χ2v) is 3.69. The predicted molar refractivity (Wildman–Crippen MR) is 55.5 cm³/mol. The average Bonchev–Trinajstić information content (AvgIpc) is 2.66. The maximum absolute atomic E-state index is 11.7. The lowest BCUT2D eigenvalue weighted by atomic mass is 10.2. The number of carboxylic acids is 1. The van der Waals surface area contributed by atoms with Crippen molar-refractivity contribution in [2.75, 3.05) is 19.6 Å². The van der Waals surface area contributed by atoms with Gasteiger partial charge in [-0.1, -0.05) is 6.92 Å². The predicted octanol–water partition coefficient (Wildman–Crippen LogP) is 0.0616. The molecule has 1 heterocycles. The van der Waals surface area contributed by atoms with E-state index < -0.39 is 12.0 Å². The molecule has 1 fully saturated rings. The fourth-order valence-corrected chi connectivity index (χ4v) is 1.84. The van der Waals surface area contributed by atoms with E-state index in [2.05, 4.69) is 5.32 Å². The molecule has 0 aromatic heterocycles. The zero-order valence-corrected chi connectivity index (χ0v) is 9.03. The molecule has 1 aliphatic rings. The molecule has 5 heteroatoms. The number of likely N-dealkylation sites (tertiary alicyclic amines) is 1. The summed E-state index contributed by atoms with van der Waals surface area (Å²) in [6.45, 7) is 4.01. The van der Waals surface area contributed by atoms with Crippen molar-refractivity contribution in [2.24, 2.45) is 0 Å². The number of hydrogen-bond acceptors (Lipinski definition) is 3. The van der Waals surface area contributed by atoms with Crippen LogP contribution < -0.4 is 5.32 Å². The minimum Gasteiger partial charge on any atom is -0.480 e. The van der Waals surface area contributed by atoms with Gasteiger partial charge in [0.25, 0.3) is 0 Å². The summed E-state index contributed by atoms with van der Waals surface area (Å²) in [7, 11) is 0. The topological polar surface area (TPSA) is 69.6 Å². The summed E-state index contributed by atoms with van der Waals surface area (Å²) < 4.78 is 0. The number of rotatable bonds is 5. The van der Waals surface area contributed by atoms with Gasteiger partial charge in [0, 0.05) is 19.5 Å². The Morgan fingerprint density at radius 1 is 1.53 bits per heavy atom. The third kappa shape index (κ3) is 3.20. The number of carboxylic acid groups (broad SMARTS) is 1. The maximum atomic E-state index is 11.7. The lowest BCUT2D eigenvalue weighted by Gasteiger charge is -2.21. The number of carbonyl (C=O) groups is 2. The van der Waals surface area contributed by atoms with Gasteiger partial charge in [0.1, 0.15) is 6.04 Å². The van der Waals surface area contributed by atoms with E-state index in [1.54, 1.807) is 0 Å². The van der Waals surface area contributed by atoms with Gasteiger partial charge < -0.3 is 15.3 Å². The van der Waals surface area contributed by atoms with Gasteiger partial charge in [-0.05, 0) is 19.4 Å². The van der Waals surface area contributed by atoms with E-state index in [9.17, 15) is 9.59 Å². The van der Waals surface area contributed by atoms with Crippen LogP contribution in [0.25, 0.3) is 0 Å². The molecule has 86 valence electrons. The Labute approximate surface area is 89.4 Å². The minimum absolute atomic E-state index is 0.0548. The molecule has 0 saturated carbocycles. The summed E-state index contributed by atoms with van der Waals surface area (Å²) in [6.07, 6.45) is 1.77. The number of hydrogen-bond donors (Lipinski definition) is 2. The zero-order valence-electron chi connectivity index (χ0n) is 9.03. The lowest BCUT2D eigenvalue weighted by molar-refractivity contribution is -0.148. The van der Waals surface area contributed by atoms with Crippen molar-refractivity contribution in [1.82, 2.24) is 10.2 Å². The van der Waals surface area contributed by atoms with Crippen molar-refractivity contribution < 1.29 is 14.7 Å². The second-order valence-electron chi connectivity index (χ2n) is 3.69. The Bertz CT molecular complexity index is 243. The molecular weight excluding hydrogens is 196 g/mol. The Hall–Kier alpha value is -1.10. The van der Waals surface area contributed by atoms with Crippen LogP contribution in [0.4, 0.5) is 0 Å². The normalized spacial score (nSPS) is 20.6. The van der Waals surface area contributed by atoms with Crippen molar-refractivity contribution in [3.05, 3.63) is 0 Å². The lowest BCUT2D eigenvalue weighted by Crippen LogP contribution is -2.41. The van der Waals surface area contributed by atoms with Gasteiger partial charge in [-0.15, -0.1) is 0 Å². The van der Waals surface area contributed by atoms with Crippen molar-refractivity contribution in [1.29, 1.82) is 0 Å². The van der Waals surface area contributed by atoms with Crippen LogP contribution >= 0.6 is 0 Å². The van der Waals surface area contributed by atoms with Crippen molar-refractivity contribution in [3.8, 4) is 0 Å². The van der Waals surface area contributed by atoms with E-state index in [-0.39, 0.29) is 5.91 Å². The van der Waals surface area contributed by atoms with Crippen molar-refractivity contribution in [2.45, 2.75) is 32.2 Å². The first-order chi connectivity index (χ1) is 7.16. The molecule has 1 amide bonds. The molecule has 15 heavy (non-hydrogen) atoms. The monoisotopic (exact) mass is 214 g/mol. The molecule has 1 rings (SSSR count). The Kier molecular flexibility index (Phi) is 4.55. The largest absolute Gasteiger partial charge is 0.480 e. The standard InChI is InChI=1S/C10H18N2O3/c1-2-11-6-5-9(13)12-7-3-4-8(12)10(14)15/h8,11H,2-7H2,1H3,(H,14,15). The van der Waals surface area contributed by atoms with Crippen LogP contribution in [0.5, 0.6) is 0 Å². The van der Waals surface area contributed by atoms with Crippen molar-refractivity contribution >= 4 is 11.9 Å². The van der Waals surface area contributed by atoms with Crippen LogP contribution in [0.15, 0.2) is 0 Å². The van der Waals surface area contributed by atoms with Gasteiger partial charge >= 0.3 is 5.97 Å². The molecule has 1 unspecified atom stereocenters. The summed E-state index contributed by atoms with van der Waals surface area (Å²) in [5.74, 6) is -0.940. The number of aliphatic carboxylic acids is 1. The molecule has 1 aliphatic heterocycles. The van der Waals surface area contributed by atoms with Gasteiger partial charge in [-0.3, -0.25) is 4.79 Å². The molecular formula is C10H18N2O3. The van der Waals surface area contributed by atoms with Gasteiger partial charge in [-0.25, -0.2) is 4.79 Å². The van der Waals surface area contributed by atoms with Crippen LogP contribution in [-0.2, 0) is 9.59 Å². The first-order valence-electron chi connectivity index (χ1n) is 5.39. The van der Waals surface area contributed by atoms with Crippen LogP contribution in [0.3, 0.4) is 0 Å². The molecule has 0 spiro atoms. The van der Waals surface area contributed by atoms with Gasteiger partial charge in [0.05, 0.1) is 0 Å². The van der Waals surface area contributed by atoms with Crippen LogP contribution in [0.2, 0.25) is 0 Å². The maximum Gasteiger partial charge on any atom is 0.326 e. The van der Waals surface area contributed by atoms with Gasteiger partial charge in [0.15, 0.2) is 0 Å². The summed E-state index contributed by atoms with van der Waals surface area (Å²) in [6, 6.07) is -0.598. The van der Waals surface area contributed by atoms with Gasteiger partial charge in [0.2, 0.25) is 5.91 Å². The fraction of sp³-hybridized carbons (Fsp3) is 0.800.